The standard InChI is InChI=1S/C19H29ClN4O3/c1-21-16-13-15(26-10-9-24-7-5-23(3)6-8-24)14-17(27-12-11-25-4)18(16)19(20)22-2/h13-14H,1,5-12H2,2-4H3/b22-19+. The van der Waals surface area contributed by atoms with E-state index in [2.05, 4.69) is 33.5 Å². The molecule has 2 rings (SSSR count). The Morgan fingerprint density at radius 1 is 1.15 bits per heavy atom. The molecule has 7 nitrogen and oxygen atoms in total. The van der Waals surface area contributed by atoms with Crippen molar-refractivity contribution >= 4 is 29.2 Å². The molecule has 150 valence electrons. The lowest BCUT2D eigenvalue weighted by Crippen LogP contribution is -2.45. The quantitative estimate of drug-likeness (QED) is 0.448. The largest absolute Gasteiger partial charge is 0.492 e. The molecule has 0 bridgehead atoms. The van der Waals surface area contributed by atoms with Crippen molar-refractivity contribution in [3.05, 3.63) is 17.7 Å². The molecular formula is C19H29ClN4O3. The molecule has 1 aromatic carbocycles. The summed E-state index contributed by atoms with van der Waals surface area (Å²) in [5.74, 6) is 1.23. The molecule has 1 saturated heterocycles. The van der Waals surface area contributed by atoms with E-state index in [-0.39, 0.29) is 0 Å². The molecule has 1 aliphatic heterocycles. The van der Waals surface area contributed by atoms with Crippen LogP contribution in [-0.4, -0.2) is 95.4 Å². The van der Waals surface area contributed by atoms with Gasteiger partial charge in [0.15, 0.2) is 0 Å². The van der Waals surface area contributed by atoms with E-state index in [0.29, 0.717) is 47.7 Å². The summed E-state index contributed by atoms with van der Waals surface area (Å²) in [4.78, 5) is 12.9. The van der Waals surface area contributed by atoms with E-state index in [0.717, 1.165) is 32.7 Å². The van der Waals surface area contributed by atoms with Gasteiger partial charge in [0.05, 0.1) is 17.9 Å². The van der Waals surface area contributed by atoms with Crippen LogP contribution in [0.5, 0.6) is 11.5 Å². The number of rotatable bonds is 10. The third kappa shape index (κ3) is 6.46. The maximum absolute atomic E-state index is 6.26. The molecule has 1 aliphatic rings. The lowest BCUT2D eigenvalue weighted by atomic mass is 10.1. The summed E-state index contributed by atoms with van der Waals surface area (Å²) in [6.07, 6.45) is 0. The second kappa shape index (κ2) is 11.2. The van der Waals surface area contributed by atoms with E-state index in [4.69, 9.17) is 25.8 Å². The zero-order chi connectivity index (χ0) is 19.6. The molecule has 0 atom stereocenters. The number of aliphatic imine (C=N–C) groups is 2. The van der Waals surface area contributed by atoms with Gasteiger partial charge < -0.3 is 19.1 Å². The highest BCUT2D eigenvalue weighted by molar-refractivity contribution is 6.70. The molecule has 0 aromatic heterocycles. The van der Waals surface area contributed by atoms with Crippen LogP contribution in [0.4, 0.5) is 5.69 Å². The summed E-state index contributed by atoms with van der Waals surface area (Å²) in [5, 5.41) is 0.314. The molecule has 1 fully saturated rings. The van der Waals surface area contributed by atoms with Crippen LogP contribution in [-0.2, 0) is 4.74 Å². The minimum Gasteiger partial charge on any atom is -0.492 e. The molecule has 0 saturated carbocycles. The van der Waals surface area contributed by atoms with Crippen LogP contribution in [0.25, 0.3) is 0 Å². The minimum atomic E-state index is 0.314. The van der Waals surface area contributed by atoms with Crippen LogP contribution < -0.4 is 9.47 Å². The Morgan fingerprint density at radius 3 is 2.52 bits per heavy atom. The predicted octanol–water partition coefficient (Wildman–Crippen LogP) is 2.29. The first-order valence-corrected chi connectivity index (χ1v) is 9.39. The van der Waals surface area contributed by atoms with Crippen molar-refractivity contribution in [2.45, 2.75) is 0 Å². The normalized spacial score (nSPS) is 16.4. The number of methoxy groups -OCH3 is 1. The first kappa shape index (κ1) is 21.6. The molecular weight excluding hydrogens is 368 g/mol. The Labute approximate surface area is 166 Å². The average molecular weight is 397 g/mol. The van der Waals surface area contributed by atoms with Gasteiger partial charge in [0.25, 0.3) is 0 Å². The van der Waals surface area contributed by atoms with E-state index >= 15 is 0 Å². The van der Waals surface area contributed by atoms with Crippen LogP contribution >= 0.6 is 11.6 Å². The van der Waals surface area contributed by atoms with Gasteiger partial charge in [-0.1, -0.05) is 11.6 Å². The summed E-state index contributed by atoms with van der Waals surface area (Å²) < 4.78 is 16.8. The molecule has 1 aromatic rings. The number of hydrogen-bond acceptors (Lipinski definition) is 7. The minimum absolute atomic E-state index is 0.314. The van der Waals surface area contributed by atoms with Crippen LogP contribution in [0.3, 0.4) is 0 Å². The van der Waals surface area contributed by atoms with Gasteiger partial charge in [-0.25, -0.2) is 0 Å². The predicted molar refractivity (Wildman–Crippen MR) is 111 cm³/mol. The van der Waals surface area contributed by atoms with Crippen molar-refractivity contribution < 1.29 is 14.2 Å². The van der Waals surface area contributed by atoms with Crippen LogP contribution in [0, 0.1) is 0 Å². The summed E-state index contributed by atoms with van der Waals surface area (Å²) >= 11 is 6.26. The highest BCUT2D eigenvalue weighted by atomic mass is 35.5. The molecule has 0 amide bonds. The van der Waals surface area contributed by atoms with E-state index in [1.54, 1.807) is 14.2 Å². The highest BCUT2D eigenvalue weighted by Crippen LogP contribution is 2.35. The zero-order valence-electron chi connectivity index (χ0n) is 16.4. The van der Waals surface area contributed by atoms with Crippen molar-refractivity contribution in [2.75, 3.05) is 73.7 Å². The maximum atomic E-state index is 6.26. The van der Waals surface area contributed by atoms with E-state index in [1.165, 1.54) is 0 Å². The summed E-state index contributed by atoms with van der Waals surface area (Å²) in [7, 11) is 5.39. The fourth-order valence-corrected chi connectivity index (χ4v) is 3.01. The molecule has 0 radical (unpaired) electrons. The van der Waals surface area contributed by atoms with Crippen molar-refractivity contribution in [3.63, 3.8) is 0 Å². The second-order valence-corrected chi connectivity index (χ2v) is 6.68. The summed E-state index contributed by atoms with van der Waals surface area (Å²) in [6.45, 7) is 10.3. The molecule has 8 heteroatoms. The van der Waals surface area contributed by atoms with Gasteiger partial charge in [0.1, 0.15) is 29.9 Å². The van der Waals surface area contributed by atoms with Crippen molar-refractivity contribution in [3.8, 4) is 11.5 Å². The van der Waals surface area contributed by atoms with Gasteiger partial charge in [-0.2, -0.15) is 0 Å². The number of nitrogens with zero attached hydrogens (tertiary/aromatic N) is 4. The SMILES string of the molecule is C=Nc1cc(OCCN2CCN(C)CC2)cc(OCCOC)c1/C(Cl)=N\C. The van der Waals surface area contributed by atoms with Crippen LogP contribution in [0.15, 0.2) is 22.1 Å². The van der Waals surface area contributed by atoms with Gasteiger partial charge in [0, 0.05) is 59.0 Å². The van der Waals surface area contributed by atoms with Gasteiger partial charge in [-0.15, -0.1) is 0 Å². The fraction of sp³-hybridized carbons (Fsp3) is 0.579. The molecule has 0 aliphatic carbocycles. The zero-order valence-corrected chi connectivity index (χ0v) is 17.2. The first-order chi connectivity index (χ1) is 13.1. The first-order valence-electron chi connectivity index (χ1n) is 9.02. The number of benzene rings is 1. The smallest absolute Gasteiger partial charge is 0.136 e. The molecule has 27 heavy (non-hydrogen) atoms. The van der Waals surface area contributed by atoms with Gasteiger partial charge in [-0.3, -0.25) is 14.9 Å². The lowest BCUT2D eigenvalue weighted by Gasteiger charge is -2.32. The highest BCUT2D eigenvalue weighted by Gasteiger charge is 2.17. The number of ether oxygens (including phenoxy) is 3. The third-order valence-corrected chi connectivity index (χ3v) is 4.80. The number of piperazine rings is 1. The fourth-order valence-electron chi connectivity index (χ4n) is 2.82. The monoisotopic (exact) mass is 396 g/mol. The van der Waals surface area contributed by atoms with Crippen LogP contribution in [0.2, 0.25) is 0 Å². The Morgan fingerprint density at radius 2 is 1.89 bits per heavy atom. The Balaban J connectivity index is 2.08. The topological polar surface area (TPSA) is 58.9 Å². The Bertz CT molecular complexity index is 646. The number of halogens is 1. The summed E-state index contributed by atoms with van der Waals surface area (Å²) in [5.41, 5.74) is 1.19. The van der Waals surface area contributed by atoms with Gasteiger partial charge in [-0.05, 0) is 13.8 Å². The van der Waals surface area contributed by atoms with E-state index < -0.39 is 0 Å². The average Bonchev–Trinajstić information content (AvgIpc) is 2.68. The van der Waals surface area contributed by atoms with E-state index in [9.17, 15) is 0 Å². The Hall–Kier alpha value is -1.67. The Kier molecular flexibility index (Phi) is 9.00. The van der Waals surface area contributed by atoms with Crippen molar-refractivity contribution in [2.24, 2.45) is 9.98 Å². The maximum Gasteiger partial charge on any atom is 0.136 e. The van der Waals surface area contributed by atoms with Gasteiger partial charge >= 0.3 is 0 Å². The molecule has 1 heterocycles. The second-order valence-electron chi connectivity index (χ2n) is 6.32. The van der Waals surface area contributed by atoms with Gasteiger partial charge in [0.2, 0.25) is 0 Å². The number of likely N-dealkylation sites (N-methyl/N-ethyl adjacent to an activating group) is 1. The van der Waals surface area contributed by atoms with Crippen LogP contribution in [0.1, 0.15) is 5.56 Å². The molecule has 0 unspecified atom stereocenters. The van der Waals surface area contributed by atoms with Crippen molar-refractivity contribution in [1.82, 2.24) is 9.80 Å². The summed E-state index contributed by atoms with van der Waals surface area (Å²) in [6, 6.07) is 3.63. The van der Waals surface area contributed by atoms with Crippen molar-refractivity contribution in [1.29, 1.82) is 0 Å². The molecule has 0 spiro atoms. The molecule has 0 N–H and O–H groups in total. The number of hydrogen-bond donors (Lipinski definition) is 0. The van der Waals surface area contributed by atoms with E-state index in [1.807, 2.05) is 12.1 Å². The third-order valence-electron chi connectivity index (χ3n) is 4.44. The lowest BCUT2D eigenvalue weighted by molar-refractivity contribution is 0.133.